The third-order valence-electron chi connectivity index (χ3n) is 7.63. The average molecular weight is 506 g/mol. The van der Waals surface area contributed by atoms with E-state index in [0.29, 0.717) is 18.9 Å². The molecule has 3 aliphatic rings. The number of thioether (sulfide) groups is 1. The lowest BCUT2D eigenvalue weighted by Gasteiger charge is -2.36. The van der Waals surface area contributed by atoms with Crippen molar-refractivity contribution in [2.75, 3.05) is 36.0 Å². The van der Waals surface area contributed by atoms with Gasteiger partial charge in [-0.3, -0.25) is 4.79 Å². The highest BCUT2D eigenvalue weighted by molar-refractivity contribution is 7.99. The molecule has 1 saturated heterocycles. The summed E-state index contributed by atoms with van der Waals surface area (Å²) in [6.07, 6.45) is 5.94. The predicted octanol–water partition coefficient (Wildman–Crippen LogP) is 5.00. The second-order valence-electron chi connectivity index (χ2n) is 11.0. The Balaban J connectivity index is 1.37. The molecule has 1 aromatic rings. The zero-order chi connectivity index (χ0) is 25.0. The van der Waals surface area contributed by atoms with Crippen molar-refractivity contribution in [3.8, 4) is 0 Å². The molecule has 6 nitrogen and oxygen atoms in total. The number of amides is 2. The van der Waals surface area contributed by atoms with Gasteiger partial charge in [-0.25, -0.2) is 9.18 Å². The van der Waals surface area contributed by atoms with Gasteiger partial charge in [0.2, 0.25) is 0 Å². The third kappa shape index (κ3) is 6.63. The van der Waals surface area contributed by atoms with Crippen LogP contribution in [-0.2, 0) is 16.0 Å². The van der Waals surface area contributed by atoms with Crippen molar-refractivity contribution in [2.45, 2.75) is 83.4 Å². The van der Waals surface area contributed by atoms with Crippen molar-refractivity contribution in [1.82, 2.24) is 10.2 Å². The number of rotatable bonds is 7. The van der Waals surface area contributed by atoms with E-state index in [9.17, 15) is 14.0 Å². The van der Waals surface area contributed by atoms with Gasteiger partial charge in [-0.05, 0) is 63.3 Å². The Labute approximate surface area is 213 Å². The number of carbonyl (C=O) groups is 2. The second-order valence-corrected chi connectivity index (χ2v) is 12.2. The number of hydrogen-bond donors (Lipinski definition) is 1. The van der Waals surface area contributed by atoms with E-state index >= 15 is 0 Å². The van der Waals surface area contributed by atoms with Crippen LogP contribution in [0.25, 0.3) is 0 Å². The van der Waals surface area contributed by atoms with Gasteiger partial charge in [-0.1, -0.05) is 32.1 Å². The summed E-state index contributed by atoms with van der Waals surface area (Å²) in [6, 6.07) is 4.71. The zero-order valence-electron chi connectivity index (χ0n) is 21.4. The number of benzene rings is 1. The first-order valence-corrected chi connectivity index (χ1v) is 14.3. The zero-order valence-corrected chi connectivity index (χ0v) is 22.2. The molecule has 0 aromatic heterocycles. The number of alkyl carbamates (subject to hydrolysis) is 1. The molecule has 0 unspecified atom stereocenters. The van der Waals surface area contributed by atoms with Gasteiger partial charge < -0.3 is 19.9 Å². The number of carbonyl (C=O) groups excluding carboxylic acids is 2. The molecule has 2 aliphatic heterocycles. The Morgan fingerprint density at radius 3 is 2.63 bits per heavy atom. The lowest BCUT2D eigenvalue weighted by Crippen LogP contribution is -2.51. The molecule has 35 heavy (non-hydrogen) atoms. The monoisotopic (exact) mass is 505 g/mol. The fraction of sp³-hybridized carbons (Fsp3) is 0.704. The summed E-state index contributed by atoms with van der Waals surface area (Å²) < 4.78 is 19.6. The minimum atomic E-state index is -0.722. The van der Waals surface area contributed by atoms with Crippen LogP contribution in [0.2, 0.25) is 0 Å². The molecule has 1 aromatic carbocycles. The molecule has 194 valence electrons. The first-order valence-electron chi connectivity index (χ1n) is 13.1. The van der Waals surface area contributed by atoms with Crippen LogP contribution in [0.4, 0.5) is 14.9 Å². The van der Waals surface area contributed by atoms with Crippen molar-refractivity contribution < 1.29 is 18.7 Å². The molecular formula is C27H40FN3O3S. The molecular weight excluding hydrogens is 465 g/mol. The summed E-state index contributed by atoms with van der Waals surface area (Å²) >= 11 is 1.86. The largest absolute Gasteiger partial charge is 0.436 e. The Morgan fingerprint density at radius 2 is 1.91 bits per heavy atom. The average Bonchev–Trinajstić information content (AvgIpc) is 3.07. The fourth-order valence-electron chi connectivity index (χ4n) is 5.79. The highest BCUT2D eigenvalue weighted by Gasteiger charge is 2.37. The highest BCUT2D eigenvalue weighted by atomic mass is 32.2. The van der Waals surface area contributed by atoms with Gasteiger partial charge >= 0.3 is 6.09 Å². The van der Waals surface area contributed by atoms with Gasteiger partial charge in [0.15, 0.2) is 6.10 Å². The molecule has 1 saturated carbocycles. The van der Waals surface area contributed by atoms with Crippen molar-refractivity contribution in [2.24, 2.45) is 5.92 Å². The van der Waals surface area contributed by atoms with Crippen LogP contribution in [0.1, 0.15) is 64.9 Å². The van der Waals surface area contributed by atoms with E-state index in [4.69, 9.17) is 4.74 Å². The highest BCUT2D eigenvalue weighted by Crippen LogP contribution is 2.39. The molecule has 2 amide bonds. The maximum absolute atomic E-state index is 13.7. The van der Waals surface area contributed by atoms with E-state index < -0.39 is 12.2 Å². The van der Waals surface area contributed by atoms with E-state index in [2.05, 4.69) is 24.1 Å². The number of hydrogen-bond acceptors (Lipinski definition) is 5. The van der Waals surface area contributed by atoms with Crippen molar-refractivity contribution >= 4 is 29.4 Å². The molecule has 8 heteroatoms. The van der Waals surface area contributed by atoms with Crippen LogP contribution >= 0.6 is 11.8 Å². The molecule has 0 bridgehead atoms. The molecule has 2 atom stereocenters. The van der Waals surface area contributed by atoms with E-state index in [1.165, 1.54) is 25.3 Å². The molecule has 2 heterocycles. The van der Waals surface area contributed by atoms with Crippen LogP contribution in [0.5, 0.6) is 0 Å². The quantitative estimate of drug-likeness (QED) is 0.565. The van der Waals surface area contributed by atoms with Gasteiger partial charge in [-0.2, -0.15) is 11.8 Å². The minimum absolute atomic E-state index is 0.0460. The molecule has 4 rings (SSSR count). The van der Waals surface area contributed by atoms with E-state index in [1.54, 1.807) is 6.07 Å². The van der Waals surface area contributed by atoms with E-state index in [1.807, 2.05) is 29.7 Å². The normalized spacial score (nSPS) is 21.8. The Morgan fingerprint density at radius 1 is 1.20 bits per heavy atom. The first-order chi connectivity index (χ1) is 16.7. The summed E-state index contributed by atoms with van der Waals surface area (Å²) in [7, 11) is 0. The number of fused-ring (bicyclic) bond motifs is 1. The topological polar surface area (TPSA) is 61.9 Å². The van der Waals surface area contributed by atoms with Crippen molar-refractivity contribution in [1.29, 1.82) is 0 Å². The molecule has 1 aliphatic carbocycles. The van der Waals surface area contributed by atoms with Crippen LogP contribution < -0.4 is 10.2 Å². The van der Waals surface area contributed by atoms with Gasteiger partial charge in [-0.15, -0.1) is 0 Å². The number of halogens is 1. The van der Waals surface area contributed by atoms with E-state index in [0.717, 1.165) is 55.1 Å². The van der Waals surface area contributed by atoms with Gasteiger partial charge in [0.1, 0.15) is 5.82 Å². The Bertz CT molecular complexity index is 900. The Hall–Kier alpha value is -1.96. The third-order valence-corrected chi connectivity index (χ3v) is 8.57. The molecule has 1 N–H and O–H groups in total. The minimum Gasteiger partial charge on any atom is -0.436 e. The number of ether oxygens (including phenoxy) is 1. The van der Waals surface area contributed by atoms with Gasteiger partial charge in [0.05, 0.1) is 0 Å². The van der Waals surface area contributed by atoms with Crippen LogP contribution in [0.3, 0.4) is 0 Å². The van der Waals surface area contributed by atoms with Crippen molar-refractivity contribution in [3.63, 3.8) is 0 Å². The SMILES string of the molecule is C[C@@H](CN1c2ccc(F)cc2CC1(C)C)NC(=O)O[C@@H](CC1CCCCC1)C(=O)N1CCSCC1. The summed E-state index contributed by atoms with van der Waals surface area (Å²) in [5, 5.41) is 2.96. The molecule has 0 spiro atoms. The summed E-state index contributed by atoms with van der Waals surface area (Å²) in [5.74, 6) is 2.03. The number of nitrogens with zero attached hydrogens (tertiary/aromatic N) is 2. The van der Waals surface area contributed by atoms with Crippen LogP contribution in [0, 0.1) is 11.7 Å². The molecule has 2 fully saturated rings. The summed E-state index contributed by atoms with van der Waals surface area (Å²) in [4.78, 5) is 30.3. The predicted molar refractivity (Wildman–Crippen MR) is 139 cm³/mol. The van der Waals surface area contributed by atoms with Crippen LogP contribution in [-0.4, -0.2) is 65.7 Å². The standard InChI is InChI=1S/C27H40FN3O3S/c1-19(18-31-23-10-9-22(28)16-21(23)17-27(31,2)3)29-26(33)34-24(15-20-7-5-4-6-8-20)25(32)30-11-13-35-14-12-30/h9-10,16,19-20,24H,4-8,11-15,17-18H2,1-3H3,(H,29,33)/t19-,24-/m0/s1. The van der Waals surface area contributed by atoms with Gasteiger partial charge in [0.25, 0.3) is 5.91 Å². The fourth-order valence-corrected chi connectivity index (χ4v) is 6.69. The smallest absolute Gasteiger partial charge is 0.408 e. The summed E-state index contributed by atoms with van der Waals surface area (Å²) in [6.45, 7) is 8.22. The summed E-state index contributed by atoms with van der Waals surface area (Å²) in [5.41, 5.74) is 1.82. The maximum atomic E-state index is 13.7. The van der Waals surface area contributed by atoms with Gasteiger partial charge in [0, 0.05) is 48.4 Å². The van der Waals surface area contributed by atoms with Crippen LogP contribution in [0.15, 0.2) is 18.2 Å². The maximum Gasteiger partial charge on any atom is 0.408 e. The lowest BCUT2D eigenvalue weighted by atomic mass is 9.85. The first kappa shape index (κ1) is 26.1. The molecule has 0 radical (unpaired) electrons. The Kier molecular flexibility index (Phi) is 8.50. The lowest BCUT2D eigenvalue weighted by molar-refractivity contribution is -0.141. The number of anilines is 1. The number of nitrogens with one attached hydrogen (secondary N) is 1. The van der Waals surface area contributed by atoms with E-state index in [-0.39, 0.29) is 23.3 Å². The van der Waals surface area contributed by atoms with Crippen molar-refractivity contribution in [3.05, 3.63) is 29.6 Å². The second kappa shape index (κ2) is 11.4.